The Bertz CT molecular complexity index is 791. The Kier molecular flexibility index (Phi) is 4.62. The Morgan fingerprint density at radius 3 is 2.86 bits per heavy atom. The Balaban J connectivity index is 1.62. The van der Waals surface area contributed by atoms with Crippen LogP contribution >= 0.6 is 11.6 Å². The number of rotatable bonds is 5. The molecule has 112 valence electrons. The van der Waals surface area contributed by atoms with Crippen molar-refractivity contribution in [2.75, 3.05) is 13.6 Å². The minimum atomic E-state index is 0.764. The van der Waals surface area contributed by atoms with Gasteiger partial charge in [-0.2, -0.15) is 0 Å². The van der Waals surface area contributed by atoms with Gasteiger partial charge in [0, 0.05) is 29.1 Å². The maximum absolute atomic E-state index is 5.98. The number of hydrogen-bond donors (Lipinski definition) is 0. The molecule has 2 nitrogen and oxygen atoms in total. The van der Waals surface area contributed by atoms with Gasteiger partial charge in [-0.1, -0.05) is 54.1 Å². The molecule has 0 atom stereocenters. The van der Waals surface area contributed by atoms with Gasteiger partial charge in [-0.25, -0.2) is 0 Å². The van der Waals surface area contributed by atoms with Crippen LogP contribution in [0.4, 0.5) is 0 Å². The third-order valence-corrected chi connectivity index (χ3v) is 3.81. The van der Waals surface area contributed by atoms with E-state index in [0.717, 1.165) is 29.3 Å². The van der Waals surface area contributed by atoms with E-state index in [1.54, 1.807) is 0 Å². The first-order valence-corrected chi connectivity index (χ1v) is 7.66. The molecule has 0 saturated carbocycles. The second-order valence-electron chi connectivity index (χ2n) is 5.41. The fourth-order valence-electron chi connectivity index (χ4n) is 2.49. The summed E-state index contributed by atoms with van der Waals surface area (Å²) < 4.78 is 5.58. The summed E-state index contributed by atoms with van der Waals surface area (Å²) in [7, 11) is 2.10. The standard InChI is InChI=1S/C19H18ClNO/c1-21(11-5-7-15-6-4-8-17(20)12-15)13-16-14-22-19-10-3-2-9-18(16)19/h2-10,12,14H,11,13H2,1H3. The van der Waals surface area contributed by atoms with Crippen molar-refractivity contribution in [1.82, 2.24) is 4.90 Å². The van der Waals surface area contributed by atoms with Crippen LogP contribution in [0.3, 0.4) is 0 Å². The Hall–Kier alpha value is -2.03. The highest BCUT2D eigenvalue weighted by atomic mass is 35.5. The smallest absolute Gasteiger partial charge is 0.134 e. The van der Waals surface area contributed by atoms with Gasteiger partial charge in [0.25, 0.3) is 0 Å². The first-order valence-electron chi connectivity index (χ1n) is 7.28. The normalized spacial score (nSPS) is 11.8. The molecule has 0 bridgehead atoms. The van der Waals surface area contributed by atoms with Gasteiger partial charge in [-0.05, 0) is 30.8 Å². The predicted molar refractivity (Wildman–Crippen MR) is 93.0 cm³/mol. The molecule has 3 heteroatoms. The van der Waals surface area contributed by atoms with Gasteiger partial charge in [0.05, 0.1) is 6.26 Å². The summed E-state index contributed by atoms with van der Waals surface area (Å²) in [6.07, 6.45) is 6.09. The van der Waals surface area contributed by atoms with Crippen LogP contribution in [0.15, 0.2) is 65.3 Å². The summed E-state index contributed by atoms with van der Waals surface area (Å²) >= 11 is 5.98. The minimum absolute atomic E-state index is 0.764. The Morgan fingerprint density at radius 2 is 2.00 bits per heavy atom. The maximum atomic E-state index is 5.98. The zero-order chi connectivity index (χ0) is 15.4. The topological polar surface area (TPSA) is 16.4 Å². The molecule has 1 heterocycles. The number of furan rings is 1. The van der Waals surface area contributed by atoms with E-state index in [1.165, 1.54) is 10.9 Å². The van der Waals surface area contributed by atoms with E-state index < -0.39 is 0 Å². The number of nitrogens with zero attached hydrogens (tertiary/aromatic N) is 1. The van der Waals surface area contributed by atoms with Crippen LogP contribution in [-0.4, -0.2) is 18.5 Å². The van der Waals surface area contributed by atoms with E-state index in [0.29, 0.717) is 0 Å². The molecule has 0 aliphatic carbocycles. The fraction of sp³-hybridized carbons (Fsp3) is 0.158. The molecule has 2 aromatic carbocycles. The molecule has 3 aromatic rings. The van der Waals surface area contributed by atoms with Crippen molar-refractivity contribution >= 4 is 28.6 Å². The molecule has 3 rings (SSSR count). The van der Waals surface area contributed by atoms with Crippen molar-refractivity contribution in [3.05, 3.63) is 77.0 Å². The number of halogens is 1. The van der Waals surface area contributed by atoms with Gasteiger partial charge in [-0.3, -0.25) is 4.90 Å². The average molecular weight is 312 g/mol. The van der Waals surface area contributed by atoms with Crippen molar-refractivity contribution in [2.45, 2.75) is 6.54 Å². The summed E-state index contributed by atoms with van der Waals surface area (Å²) in [4.78, 5) is 2.25. The lowest BCUT2D eigenvalue weighted by atomic mass is 10.1. The zero-order valence-electron chi connectivity index (χ0n) is 12.5. The van der Waals surface area contributed by atoms with E-state index in [-0.39, 0.29) is 0 Å². The van der Waals surface area contributed by atoms with Crippen LogP contribution in [-0.2, 0) is 6.54 Å². The van der Waals surface area contributed by atoms with Crippen molar-refractivity contribution in [2.24, 2.45) is 0 Å². The molecule has 0 aliphatic rings. The molecule has 22 heavy (non-hydrogen) atoms. The number of fused-ring (bicyclic) bond motifs is 1. The second kappa shape index (κ2) is 6.82. The van der Waals surface area contributed by atoms with E-state index in [2.05, 4.69) is 30.2 Å². The number of hydrogen-bond acceptors (Lipinski definition) is 2. The van der Waals surface area contributed by atoms with Crippen LogP contribution in [0, 0.1) is 0 Å². The van der Waals surface area contributed by atoms with Crippen LogP contribution in [0.25, 0.3) is 17.0 Å². The molecule has 0 radical (unpaired) electrons. The summed E-state index contributed by atoms with van der Waals surface area (Å²) in [6.45, 7) is 1.73. The molecule has 0 aliphatic heterocycles. The molecule has 1 aromatic heterocycles. The van der Waals surface area contributed by atoms with Crippen molar-refractivity contribution in [3.8, 4) is 0 Å². The average Bonchev–Trinajstić information content (AvgIpc) is 2.91. The van der Waals surface area contributed by atoms with Gasteiger partial charge in [0.15, 0.2) is 0 Å². The van der Waals surface area contributed by atoms with Crippen molar-refractivity contribution < 1.29 is 4.42 Å². The van der Waals surface area contributed by atoms with Gasteiger partial charge in [0.1, 0.15) is 5.58 Å². The van der Waals surface area contributed by atoms with Gasteiger partial charge >= 0.3 is 0 Å². The molecule has 0 unspecified atom stereocenters. The first kappa shape index (κ1) is 14.9. The molecule has 0 N–H and O–H groups in total. The SMILES string of the molecule is CN(CC=Cc1cccc(Cl)c1)Cc1coc2ccccc12. The molecule has 0 spiro atoms. The van der Waals surface area contributed by atoms with Crippen molar-refractivity contribution in [3.63, 3.8) is 0 Å². The first-order chi connectivity index (χ1) is 10.7. The van der Waals surface area contributed by atoms with Crippen LogP contribution in [0.2, 0.25) is 5.02 Å². The summed E-state index contributed by atoms with van der Waals surface area (Å²) in [5.74, 6) is 0. The van der Waals surface area contributed by atoms with E-state index in [1.807, 2.05) is 48.7 Å². The van der Waals surface area contributed by atoms with Gasteiger partial charge in [-0.15, -0.1) is 0 Å². The minimum Gasteiger partial charge on any atom is -0.464 e. The van der Waals surface area contributed by atoms with E-state index in [4.69, 9.17) is 16.0 Å². The van der Waals surface area contributed by atoms with Crippen molar-refractivity contribution in [1.29, 1.82) is 0 Å². The van der Waals surface area contributed by atoms with Gasteiger partial charge < -0.3 is 4.42 Å². The molecular formula is C19H18ClNO. The maximum Gasteiger partial charge on any atom is 0.134 e. The Labute approximate surface area is 135 Å². The largest absolute Gasteiger partial charge is 0.464 e. The Morgan fingerprint density at radius 1 is 1.14 bits per heavy atom. The molecule has 0 amide bonds. The highest BCUT2D eigenvalue weighted by Crippen LogP contribution is 2.21. The zero-order valence-corrected chi connectivity index (χ0v) is 13.3. The number of likely N-dealkylation sites (N-methyl/N-ethyl adjacent to an activating group) is 1. The second-order valence-corrected chi connectivity index (χ2v) is 5.85. The third-order valence-electron chi connectivity index (χ3n) is 3.58. The van der Waals surface area contributed by atoms with Gasteiger partial charge in [0.2, 0.25) is 0 Å². The summed E-state index contributed by atoms with van der Waals surface area (Å²) in [5, 5.41) is 1.95. The number of para-hydroxylation sites is 1. The molecular weight excluding hydrogens is 294 g/mol. The lowest BCUT2D eigenvalue weighted by Crippen LogP contribution is -2.17. The van der Waals surface area contributed by atoms with E-state index >= 15 is 0 Å². The third kappa shape index (κ3) is 3.59. The lowest BCUT2D eigenvalue weighted by Gasteiger charge is -2.13. The number of benzene rings is 2. The van der Waals surface area contributed by atoms with E-state index in [9.17, 15) is 0 Å². The quantitative estimate of drug-likeness (QED) is 0.641. The molecule has 0 saturated heterocycles. The highest BCUT2D eigenvalue weighted by molar-refractivity contribution is 6.30. The van der Waals surface area contributed by atoms with Crippen LogP contribution in [0.5, 0.6) is 0 Å². The fourth-order valence-corrected chi connectivity index (χ4v) is 2.69. The lowest BCUT2D eigenvalue weighted by molar-refractivity contribution is 0.363. The monoisotopic (exact) mass is 311 g/mol. The summed E-state index contributed by atoms with van der Waals surface area (Å²) in [5.41, 5.74) is 3.28. The highest BCUT2D eigenvalue weighted by Gasteiger charge is 2.06. The predicted octanol–water partition coefficient (Wildman–Crippen LogP) is 5.23. The summed E-state index contributed by atoms with van der Waals surface area (Å²) in [6, 6.07) is 16.0. The molecule has 0 fully saturated rings. The van der Waals surface area contributed by atoms with Crippen LogP contribution in [0.1, 0.15) is 11.1 Å². The van der Waals surface area contributed by atoms with Crippen LogP contribution < -0.4 is 0 Å².